The summed E-state index contributed by atoms with van der Waals surface area (Å²) in [6.07, 6.45) is 2.49. The van der Waals surface area contributed by atoms with E-state index in [9.17, 15) is 9.90 Å². The zero-order valence-corrected chi connectivity index (χ0v) is 13.3. The average Bonchev–Trinajstić information content (AvgIpc) is 2.58. The predicted molar refractivity (Wildman–Crippen MR) is 93.3 cm³/mol. The molecule has 0 unspecified atom stereocenters. The van der Waals surface area contributed by atoms with E-state index in [2.05, 4.69) is 21.7 Å². The van der Waals surface area contributed by atoms with Gasteiger partial charge >= 0.3 is 0 Å². The van der Waals surface area contributed by atoms with Crippen molar-refractivity contribution in [3.05, 3.63) is 48.2 Å². The lowest BCUT2D eigenvalue weighted by Gasteiger charge is -2.23. The van der Waals surface area contributed by atoms with Crippen molar-refractivity contribution in [2.75, 3.05) is 11.9 Å². The van der Waals surface area contributed by atoms with Crippen LogP contribution in [0.2, 0.25) is 0 Å². The maximum Gasteiger partial charge on any atom is 0.255 e. The van der Waals surface area contributed by atoms with Gasteiger partial charge in [0, 0.05) is 36.3 Å². The van der Waals surface area contributed by atoms with Gasteiger partial charge in [0.1, 0.15) is 0 Å². The van der Waals surface area contributed by atoms with Crippen molar-refractivity contribution in [2.24, 2.45) is 0 Å². The van der Waals surface area contributed by atoms with Crippen molar-refractivity contribution in [3.63, 3.8) is 0 Å². The van der Waals surface area contributed by atoms with Crippen LogP contribution in [-0.4, -0.2) is 17.6 Å². The molecule has 2 heterocycles. The number of pyridine rings is 1. The number of carbonyl (C=O) groups is 1. The van der Waals surface area contributed by atoms with Gasteiger partial charge in [-0.05, 0) is 24.1 Å². The van der Waals surface area contributed by atoms with Crippen molar-refractivity contribution in [2.45, 2.75) is 13.3 Å². The molecule has 5 heteroatoms. The summed E-state index contributed by atoms with van der Waals surface area (Å²) in [5, 5.41) is 17.7. The highest BCUT2D eigenvalue weighted by Crippen LogP contribution is 2.46. The van der Waals surface area contributed by atoms with Crippen molar-refractivity contribution in [1.82, 2.24) is 5.32 Å². The van der Waals surface area contributed by atoms with Crippen LogP contribution in [0.1, 0.15) is 12.5 Å². The number of H-pyrrole nitrogens is 1. The fourth-order valence-corrected chi connectivity index (χ4v) is 3.33. The van der Waals surface area contributed by atoms with Gasteiger partial charge in [-0.2, -0.15) is 0 Å². The van der Waals surface area contributed by atoms with Crippen LogP contribution < -0.4 is 15.6 Å². The first kappa shape index (κ1) is 14.5. The Bertz CT molecular complexity index is 966. The van der Waals surface area contributed by atoms with Gasteiger partial charge in [-0.3, -0.25) is 4.79 Å². The number of amides is 1. The van der Waals surface area contributed by atoms with Gasteiger partial charge in [0.25, 0.3) is 5.52 Å². The van der Waals surface area contributed by atoms with Gasteiger partial charge in [0.2, 0.25) is 5.91 Å². The Morgan fingerprint density at radius 2 is 2.08 bits per heavy atom. The molecule has 4 N–H and O–H groups in total. The fraction of sp³-hybridized carbons (Fsp3) is 0.158. The molecule has 1 aliphatic rings. The largest absolute Gasteiger partial charge is 0.502 e. The topological polar surface area (TPSA) is 75.5 Å². The maximum atomic E-state index is 11.1. The number of aromatic hydroxyl groups is 1. The first-order valence-corrected chi connectivity index (χ1v) is 7.95. The second-order valence-electron chi connectivity index (χ2n) is 5.97. The number of phenolic OH excluding ortho intramolecular Hbond substituents is 1. The van der Waals surface area contributed by atoms with E-state index in [4.69, 9.17) is 0 Å². The van der Waals surface area contributed by atoms with Gasteiger partial charge in [0.05, 0.1) is 11.1 Å². The first-order chi connectivity index (χ1) is 11.6. The van der Waals surface area contributed by atoms with Gasteiger partial charge in [-0.15, -0.1) is 0 Å². The third-order valence-electron chi connectivity index (χ3n) is 4.38. The number of benzene rings is 2. The van der Waals surface area contributed by atoms with Crippen molar-refractivity contribution < 1.29 is 14.9 Å². The number of phenols is 1. The summed E-state index contributed by atoms with van der Waals surface area (Å²) in [5.74, 6) is 0.163. The molecule has 3 aromatic rings. The number of fused-ring (bicyclic) bond motifs is 2. The van der Waals surface area contributed by atoms with E-state index in [1.807, 2.05) is 30.5 Å². The van der Waals surface area contributed by atoms with Crippen LogP contribution in [0.15, 0.2) is 42.6 Å². The number of anilines is 2. The van der Waals surface area contributed by atoms with Gasteiger partial charge in [-0.1, -0.05) is 18.2 Å². The zero-order valence-electron chi connectivity index (χ0n) is 13.3. The van der Waals surface area contributed by atoms with Crippen LogP contribution in [0, 0.1) is 0 Å². The van der Waals surface area contributed by atoms with E-state index in [0.717, 1.165) is 33.5 Å². The van der Waals surface area contributed by atoms with Crippen LogP contribution in [0.3, 0.4) is 0 Å². The van der Waals surface area contributed by atoms with E-state index in [0.29, 0.717) is 18.5 Å². The smallest absolute Gasteiger partial charge is 0.255 e. The summed E-state index contributed by atoms with van der Waals surface area (Å²) in [6.45, 7) is 2.03. The van der Waals surface area contributed by atoms with E-state index in [1.165, 1.54) is 6.92 Å². The monoisotopic (exact) mass is 320 g/mol. The Kier molecular flexibility index (Phi) is 3.34. The van der Waals surface area contributed by atoms with Crippen molar-refractivity contribution in [3.8, 4) is 16.9 Å². The molecule has 2 aromatic carbocycles. The molecule has 0 radical (unpaired) electrons. The summed E-state index contributed by atoms with van der Waals surface area (Å²) in [5.41, 5.74) is 5.92. The Morgan fingerprint density at radius 1 is 1.25 bits per heavy atom. The molecule has 4 rings (SSSR count). The predicted octanol–water partition coefficient (Wildman–Crippen LogP) is 2.76. The molecule has 1 aromatic heterocycles. The number of hydrogen-bond acceptors (Lipinski definition) is 3. The van der Waals surface area contributed by atoms with E-state index >= 15 is 0 Å². The first-order valence-electron chi connectivity index (χ1n) is 7.95. The van der Waals surface area contributed by atoms with Crippen LogP contribution in [0.4, 0.5) is 11.4 Å². The molecule has 0 atom stereocenters. The highest BCUT2D eigenvalue weighted by molar-refractivity contribution is 6.11. The number of hydrogen-bond donors (Lipinski definition) is 3. The third kappa shape index (κ3) is 2.25. The number of nitrogens with one attached hydrogen (secondary N) is 3. The van der Waals surface area contributed by atoms with E-state index in [1.54, 1.807) is 6.07 Å². The fourth-order valence-electron chi connectivity index (χ4n) is 3.33. The molecule has 0 bridgehead atoms. The number of aromatic amines is 1. The summed E-state index contributed by atoms with van der Waals surface area (Å²) >= 11 is 0. The molecule has 24 heavy (non-hydrogen) atoms. The van der Waals surface area contributed by atoms with Crippen molar-refractivity contribution in [1.29, 1.82) is 0 Å². The van der Waals surface area contributed by atoms with Crippen LogP contribution in [0.25, 0.3) is 22.0 Å². The number of aromatic nitrogens is 1. The summed E-state index contributed by atoms with van der Waals surface area (Å²) in [7, 11) is 0. The third-order valence-corrected chi connectivity index (χ3v) is 4.38. The minimum Gasteiger partial charge on any atom is -0.502 e. The lowest BCUT2D eigenvalue weighted by molar-refractivity contribution is -0.345. The quantitative estimate of drug-likeness (QED) is 0.508. The molecule has 5 nitrogen and oxygen atoms in total. The number of carbonyl (C=O) groups excluding carboxylic acids is 1. The molecular formula is C19H18N3O2+. The molecule has 0 saturated carbocycles. The van der Waals surface area contributed by atoms with Gasteiger partial charge in [0.15, 0.2) is 11.9 Å². The summed E-state index contributed by atoms with van der Waals surface area (Å²) in [6, 6.07) is 11.9. The lowest BCUT2D eigenvalue weighted by Crippen LogP contribution is -2.23. The summed E-state index contributed by atoms with van der Waals surface area (Å²) in [4.78, 5) is 14.3. The minimum absolute atomic E-state index is 0.0546. The van der Waals surface area contributed by atoms with Gasteiger partial charge in [-0.25, -0.2) is 4.98 Å². The molecule has 1 aliphatic heterocycles. The van der Waals surface area contributed by atoms with Crippen LogP contribution >= 0.6 is 0 Å². The highest BCUT2D eigenvalue weighted by Gasteiger charge is 2.25. The molecule has 0 saturated heterocycles. The van der Waals surface area contributed by atoms with Crippen molar-refractivity contribution >= 4 is 28.2 Å². The second kappa shape index (κ2) is 5.53. The molecular weight excluding hydrogens is 302 g/mol. The zero-order chi connectivity index (χ0) is 16.7. The molecule has 0 aliphatic carbocycles. The number of rotatable bonds is 3. The Hall–Kier alpha value is -3.08. The maximum absolute atomic E-state index is 11.1. The standard InChI is InChI=1S/C19H17N3O2/c1-11(23)20-8-6-12-10-16(24)19-17-14(7-9-21-19)13-4-2-3-5-15(13)22-18(12)17/h2-5,7,9-10,22,24H,6,8H2,1H3,(H,20,23)/p+1. The Labute approximate surface area is 139 Å². The Balaban J connectivity index is 1.91. The minimum atomic E-state index is -0.0546. The van der Waals surface area contributed by atoms with E-state index in [-0.39, 0.29) is 11.7 Å². The Morgan fingerprint density at radius 3 is 2.92 bits per heavy atom. The van der Waals surface area contributed by atoms with Crippen LogP contribution in [-0.2, 0) is 11.2 Å². The average molecular weight is 320 g/mol. The molecule has 0 fully saturated rings. The SMILES string of the molecule is CC(=O)NCCc1cc(O)c2[nH+]ccc3c2c1Nc1ccccc1-3. The second-order valence-corrected chi connectivity index (χ2v) is 5.97. The van der Waals surface area contributed by atoms with E-state index < -0.39 is 0 Å². The molecule has 1 amide bonds. The summed E-state index contributed by atoms with van der Waals surface area (Å²) < 4.78 is 0. The van der Waals surface area contributed by atoms with Crippen LogP contribution in [0.5, 0.6) is 5.75 Å². The molecule has 0 spiro atoms. The normalized spacial score (nSPS) is 11.7. The number of para-hydroxylation sites is 1. The lowest BCUT2D eigenvalue weighted by atomic mass is 9.92. The highest BCUT2D eigenvalue weighted by atomic mass is 16.3. The molecule has 120 valence electrons. The van der Waals surface area contributed by atoms with Gasteiger partial charge < -0.3 is 15.7 Å².